The molecule has 106 valence electrons. The summed E-state index contributed by atoms with van der Waals surface area (Å²) < 4.78 is 2.02. The van der Waals surface area contributed by atoms with E-state index in [1.165, 1.54) is 0 Å². The summed E-state index contributed by atoms with van der Waals surface area (Å²) in [5.74, 6) is 0.994. The molecule has 1 aromatic heterocycles. The Morgan fingerprint density at radius 3 is 2.79 bits per heavy atom. The van der Waals surface area contributed by atoms with Crippen LogP contribution in [0.3, 0.4) is 0 Å². The number of imidazole rings is 1. The Labute approximate surface area is 120 Å². The van der Waals surface area contributed by atoms with Crippen LogP contribution in [0.5, 0.6) is 0 Å². The van der Waals surface area contributed by atoms with Crippen molar-refractivity contribution in [2.75, 3.05) is 5.75 Å². The summed E-state index contributed by atoms with van der Waals surface area (Å²) >= 11 is 1.75. The minimum atomic E-state index is -0.379. The molecule has 0 aliphatic rings. The van der Waals surface area contributed by atoms with E-state index in [1.807, 2.05) is 24.0 Å². The number of nitrogens with zero attached hydrogens (tertiary/aromatic N) is 3. The molecule has 0 fully saturated rings. The highest BCUT2D eigenvalue weighted by Gasteiger charge is 2.27. The first-order chi connectivity index (χ1) is 9.03. The highest BCUT2D eigenvalue weighted by Crippen LogP contribution is 2.22. The van der Waals surface area contributed by atoms with Crippen molar-refractivity contribution in [3.63, 3.8) is 0 Å². The van der Waals surface area contributed by atoms with Crippen LogP contribution in [-0.2, 0) is 7.05 Å². The van der Waals surface area contributed by atoms with Gasteiger partial charge in [-0.3, -0.25) is 5.32 Å². The molecule has 1 N–H and O–H groups in total. The molecule has 0 spiro atoms. The topological polar surface area (TPSA) is 53.6 Å². The molecule has 1 unspecified atom stereocenters. The van der Waals surface area contributed by atoms with E-state index in [4.69, 9.17) is 0 Å². The molecule has 1 rings (SSSR count). The van der Waals surface area contributed by atoms with Gasteiger partial charge in [0.05, 0.1) is 6.07 Å². The molecule has 0 radical (unpaired) electrons. The van der Waals surface area contributed by atoms with Crippen LogP contribution in [0.2, 0.25) is 0 Å². The molecule has 0 aromatic carbocycles. The number of aryl methyl sites for hydroxylation is 1. The Kier molecular flexibility index (Phi) is 6.40. The second kappa shape index (κ2) is 7.56. The maximum absolute atomic E-state index is 9.42. The predicted molar refractivity (Wildman–Crippen MR) is 80.1 cm³/mol. The first-order valence-corrected chi connectivity index (χ1v) is 7.80. The molecule has 1 atom stereocenters. The van der Waals surface area contributed by atoms with Crippen molar-refractivity contribution >= 4 is 11.8 Å². The Hall–Kier alpha value is -0.990. The molecule has 0 amide bonds. The van der Waals surface area contributed by atoms with Gasteiger partial charge in [-0.2, -0.15) is 5.26 Å². The van der Waals surface area contributed by atoms with Gasteiger partial charge in [0.1, 0.15) is 5.54 Å². The number of nitriles is 1. The van der Waals surface area contributed by atoms with Gasteiger partial charge in [0.25, 0.3) is 0 Å². The number of thioether (sulfide) groups is 1. The molecule has 1 aromatic rings. The van der Waals surface area contributed by atoms with Crippen LogP contribution in [0.1, 0.15) is 40.0 Å². The third kappa shape index (κ3) is 4.88. The van der Waals surface area contributed by atoms with Gasteiger partial charge in [-0.25, -0.2) is 4.98 Å². The number of aromatic nitrogens is 2. The van der Waals surface area contributed by atoms with Gasteiger partial charge in [0, 0.05) is 31.2 Å². The summed E-state index contributed by atoms with van der Waals surface area (Å²) in [6.45, 7) is 6.25. The Morgan fingerprint density at radius 2 is 2.32 bits per heavy atom. The molecular formula is C14H24N4S. The Balaban J connectivity index is 2.41. The lowest BCUT2D eigenvalue weighted by molar-refractivity contribution is 0.341. The van der Waals surface area contributed by atoms with E-state index in [-0.39, 0.29) is 5.54 Å². The Morgan fingerprint density at radius 1 is 1.58 bits per heavy atom. The highest BCUT2D eigenvalue weighted by atomic mass is 32.2. The summed E-state index contributed by atoms with van der Waals surface area (Å²) in [4.78, 5) is 4.28. The minimum absolute atomic E-state index is 0.335. The van der Waals surface area contributed by atoms with Gasteiger partial charge < -0.3 is 4.57 Å². The highest BCUT2D eigenvalue weighted by molar-refractivity contribution is 7.99. The van der Waals surface area contributed by atoms with Crippen LogP contribution in [0, 0.1) is 11.3 Å². The molecule has 0 aliphatic heterocycles. The van der Waals surface area contributed by atoms with E-state index in [2.05, 4.69) is 37.1 Å². The third-order valence-corrected chi connectivity index (χ3v) is 4.28. The van der Waals surface area contributed by atoms with Crippen LogP contribution in [-0.4, -0.2) is 26.9 Å². The van der Waals surface area contributed by atoms with Gasteiger partial charge >= 0.3 is 0 Å². The summed E-state index contributed by atoms with van der Waals surface area (Å²) in [6.07, 6.45) is 6.51. The van der Waals surface area contributed by atoms with Gasteiger partial charge in [-0.1, -0.05) is 18.7 Å². The van der Waals surface area contributed by atoms with Crippen molar-refractivity contribution in [1.82, 2.24) is 14.9 Å². The number of nitrogens with one attached hydrogen (secondary N) is 1. The lowest BCUT2D eigenvalue weighted by atomic mass is 9.91. The average molecular weight is 280 g/mol. The average Bonchev–Trinajstić information content (AvgIpc) is 2.78. The predicted octanol–water partition coefficient (Wildman–Crippen LogP) is 2.96. The normalized spacial score (nSPS) is 14.3. The van der Waals surface area contributed by atoms with Crippen molar-refractivity contribution in [3.05, 3.63) is 12.4 Å². The van der Waals surface area contributed by atoms with Gasteiger partial charge in [-0.15, -0.1) is 0 Å². The quantitative estimate of drug-likeness (QED) is 0.587. The van der Waals surface area contributed by atoms with E-state index in [9.17, 15) is 5.26 Å². The number of hydrogen-bond acceptors (Lipinski definition) is 4. The van der Waals surface area contributed by atoms with Gasteiger partial charge in [0.2, 0.25) is 0 Å². The SMILES string of the molecule is CCC(C#N)(CCCSc1nccn1C)NC(C)C. The molecule has 0 saturated carbocycles. The summed E-state index contributed by atoms with van der Waals surface area (Å²) in [5, 5.41) is 13.9. The maximum Gasteiger partial charge on any atom is 0.167 e. The molecule has 0 saturated heterocycles. The monoisotopic (exact) mass is 280 g/mol. The van der Waals surface area contributed by atoms with Crippen molar-refractivity contribution in [2.45, 2.75) is 56.8 Å². The first kappa shape index (κ1) is 16.1. The van der Waals surface area contributed by atoms with Crippen molar-refractivity contribution in [3.8, 4) is 6.07 Å². The Bertz CT molecular complexity index is 421. The van der Waals surface area contributed by atoms with E-state index < -0.39 is 0 Å². The second-order valence-corrected chi connectivity index (χ2v) is 6.18. The molecule has 19 heavy (non-hydrogen) atoms. The van der Waals surface area contributed by atoms with Crippen molar-refractivity contribution in [2.24, 2.45) is 7.05 Å². The van der Waals surface area contributed by atoms with Crippen LogP contribution >= 0.6 is 11.8 Å². The van der Waals surface area contributed by atoms with E-state index in [1.54, 1.807) is 11.8 Å². The lowest BCUT2D eigenvalue weighted by Gasteiger charge is -2.29. The molecule has 5 heteroatoms. The summed E-state index contributed by atoms with van der Waals surface area (Å²) in [5.41, 5.74) is -0.379. The number of hydrogen-bond donors (Lipinski definition) is 1. The lowest BCUT2D eigenvalue weighted by Crippen LogP contribution is -2.47. The van der Waals surface area contributed by atoms with Crippen LogP contribution in [0.25, 0.3) is 0 Å². The van der Waals surface area contributed by atoms with Crippen LogP contribution < -0.4 is 5.32 Å². The maximum atomic E-state index is 9.42. The molecular weight excluding hydrogens is 256 g/mol. The first-order valence-electron chi connectivity index (χ1n) is 6.82. The van der Waals surface area contributed by atoms with E-state index >= 15 is 0 Å². The minimum Gasteiger partial charge on any atom is -0.329 e. The molecule has 0 bridgehead atoms. The van der Waals surface area contributed by atoms with E-state index in [0.717, 1.165) is 30.2 Å². The fourth-order valence-corrected chi connectivity index (χ4v) is 2.97. The second-order valence-electron chi connectivity index (χ2n) is 5.12. The zero-order valence-corrected chi connectivity index (χ0v) is 13.1. The standard InChI is InChI=1S/C14H24N4S/c1-5-14(11-15,17-12(2)3)7-6-10-19-13-16-8-9-18(13)4/h8-9,12,17H,5-7,10H2,1-4H3. The van der Waals surface area contributed by atoms with Crippen LogP contribution in [0.15, 0.2) is 17.6 Å². The third-order valence-electron chi connectivity index (χ3n) is 3.14. The zero-order chi connectivity index (χ0) is 14.3. The van der Waals surface area contributed by atoms with Gasteiger partial charge in [-0.05, 0) is 33.1 Å². The van der Waals surface area contributed by atoms with Crippen molar-refractivity contribution in [1.29, 1.82) is 5.26 Å². The van der Waals surface area contributed by atoms with Crippen LogP contribution in [0.4, 0.5) is 0 Å². The van der Waals surface area contributed by atoms with E-state index in [0.29, 0.717) is 6.04 Å². The molecule has 0 aliphatic carbocycles. The zero-order valence-electron chi connectivity index (χ0n) is 12.3. The van der Waals surface area contributed by atoms with Crippen molar-refractivity contribution < 1.29 is 0 Å². The van der Waals surface area contributed by atoms with Gasteiger partial charge in [0.15, 0.2) is 5.16 Å². The fourth-order valence-electron chi connectivity index (χ4n) is 2.10. The smallest absolute Gasteiger partial charge is 0.167 e. The summed E-state index contributed by atoms with van der Waals surface area (Å²) in [6, 6.07) is 2.80. The summed E-state index contributed by atoms with van der Waals surface area (Å²) in [7, 11) is 2.00. The molecule has 1 heterocycles. The largest absolute Gasteiger partial charge is 0.329 e. The molecule has 4 nitrogen and oxygen atoms in total. The fraction of sp³-hybridized carbons (Fsp3) is 0.714. The number of rotatable bonds is 8.